The second-order valence-electron chi connectivity index (χ2n) is 12.4. The quantitative estimate of drug-likeness (QED) is 0.130. The molecule has 0 heterocycles. The predicted molar refractivity (Wildman–Crippen MR) is 203 cm³/mol. The van der Waals surface area contributed by atoms with Crippen molar-refractivity contribution < 1.29 is 0 Å². The fraction of sp³-hybridized carbons (Fsp3) is 0. The van der Waals surface area contributed by atoms with Crippen LogP contribution >= 0.6 is 0 Å². The van der Waals surface area contributed by atoms with E-state index in [1.54, 1.807) is 0 Å². The molecular formula is C46H32Si. The lowest BCUT2D eigenvalue weighted by Crippen LogP contribution is -2.75. The third-order valence-electron chi connectivity index (χ3n) is 9.94. The summed E-state index contributed by atoms with van der Waals surface area (Å²) in [5, 5.41) is 8.18. The van der Waals surface area contributed by atoms with Crippen LogP contribution in [0.15, 0.2) is 194 Å². The van der Waals surface area contributed by atoms with Crippen molar-refractivity contribution in [3.05, 3.63) is 194 Å². The van der Waals surface area contributed by atoms with Crippen LogP contribution in [-0.4, -0.2) is 8.07 Å². The Kier molecular flexibility index (Phi) is 6.59. The molecular weight excluding hydrogens is 581 g/mol. The summed E-state index contributed by atoms with van der Waals surface area (Å²) in [6, 6.07) is 72.3. The average Bonchev–Trinajstić information content (AvgIpc) is 3.49. The fourth-order valence-electron chi connectivity index (χ4n) is 8.07. The maximum atomic E-state index is 2.58. The lowest BCUT2D eigenvalue weighted by molar-refractivity contribution is 1.60. The number of fused-ring (bicyclic) bond motifs is 3. The van der Waals surface area contributed by atoms with Crippen molar-refractivity contribution in [3.63, 3.8) is 0 Å². The molecule has 220 valence electrons. The van der Waals surface area contributed by atoms with Crippen molar-refractivity contribution in [2.75, 3.05) is 0 Å². The zero-order valence-corrected chi connectivity index (χ0v) is 27.0. The molecule has 1 heteroatoms. The van der Waals surface area contributed by atoms with Gasteiger partial charge in [0.2, 0.25) is 0 Å². The Hall–Kier alpha value is -5.76. The van der Waals surface area contributed by atoms with Crippen molar-refractivity contribution >= 4 is 39.6 Å². The highest BCUT2D eigenvalue weighted by molar-refractivity contribution is 7.20. The van der Waals surface area contributed by atoms with Crippen molar-refractivity contribution in [2.45, 2.75) is 0 Å². The Bertz CT molecular complexity index is 2260. The zero-order valence-electron chi connectivity index (χ0n) is 26.0. The molecule has 0 saturated carbocycles. The summed E-state index contributed by atoms with van der Waals surface area (Å²) in [7, 11) is -2.92. The number of rotatable bonds is 6. The van der Waals surface area contributed by atoms with E-state index in [-0.39, 0.29) is 0 Å². The maximum Gasteiger partial charge on any atom is 0.180 e. The molecule has 0 aliphatic heterocycles. The molecule has 0 radical (unpaired) electrons. The highest BCUT2D eigenvalue weighted by atomic mass is 28.3. The van der Waals surface area contributed by atoms with Gasteiger partial charge in [-0.2, -0.15) is 0 Å². The van der Waals surface area contributed by atoms with Gasteiger partial charge in [-0.1, -0.05) is 194 Å². The predicted octanol–water partition coefficient (Wildman–Crippen LogP) is 9.20. The Morgan fingerprint density at radius 2 is 0.723 bits per heavy atom. The summed E-state index contributed by atoms with van der Waals surface area (Å²) in [4.78, 5) is 0. The van der Waals surface area contributed by atoms with Crippen molar-refractivity contribution in [1.29, 1.82) is 0 Å². The summed E-state index contributed by atoms with van der Waals surface area (Å²) >= 11 is 0. The minimum absolute atomic E-state index is 1.24. The van der Waals surface area contributed by atoms with Gasteiger partial charge >= 0.3 is 0 Å². The largest absolute Gasteiger partial charge is 0.180 e. The Labute approximate surface area is 277 Å². The van der Waals surface area contributed by atoms with Gasteiger partial charge < -0.3 is 0 Å². The average molecular weight is 613 g/mol. The van der Waals surface area contributed by atoms with Gasteiger partial charge in [0.05, 0.1) is 0 Å². The second-order valence-corrected chi connectivity index (χ2v) is 16.2. The molecule has 1 aliphatic carbocycles. The smallest absolute Gasteiger partial charge is 0.0623 e. The number of hydrogen-bond donors (Lipinski definition) is 0. The topological polar surface area (TPSA) is 0 Å². The van der Waals surface area contributed by atoms with E-state index in [0.717, 1.165) is 0 Å². The number of benzene rings is 8. The molecule has 1 aliphatic rings. The lowest BCUT2D eigenvalue weighted by atomic mass is 9.87. The third-order valence-corrected chi connectivity index (χ3v) is 14.7. The van der Waals surface area contributed by atoms with Gasteiger partial charge in [0.1, 0.15) is 0 Å². The van der Waals surface area contributed by atoms with Crippen LogP contribution < -0.4 is 20.7 Å². The van der Waals surface area contributed by atoms with Gasteiger partial charge in [0.25, 0.3) is 0 Å². The monoisotopic (exact) mass is 612 g/mol. The molecule has 0 atom stereocenters. The van der Waals surface area contributed by atoms with Gasteiger partial charge in [-0.25, -0.2) is 0 Å². The minimum Gasteiger partial charge on any atom is -0.0623 e. The molecule has 0 saturated heterocycles. The summed E-state index contributed by atoms with van der Waals surface area (Å²) in [6.45, 7) is 0. The van der Waals surface area contributed by atoms with Crippen LogP contribution in [0.4, 0.5) is 0 Å². The molecule has 8 aromatic rings. The normalized spacial score (nSPS) is 11.8. The molecule has 8 aromatic carbocycles. The van der Waals surface area contributed by atoms with E-state index in [0.29, 0.717) is 0 Å². The molecule has 47 heavy (non-hydrogen) atoms. The van der Waals surface area contributed by atoms with Crippen LogP contribution in [0.3, 0.4) is 0 Å². The summed E-state index contributed by atoms with van der Waals surface area (Å²) in [5.74, 6) is 0. The van der Waals surface area contributed by atoms with E-state index < -0.39 is 8.07 Å². The van der Waals surface area contributed by atoms with Gasteiger partial charge in [-0.3, -0.25) is 0 Å². The Balaban J connectivity index is 1.56. The van der Waals surface area contributed by atoms with Gasteiger partial charge in [-0.15, -0.1) is 0 Å². The Morgan fingerprint density at radius 1 is 0.298 bits per heavy atom. The van der Waals surface area contributed by atoms with Crippen LogP contribution in [0.2, 0.25) is 0 Å². The van der Waals surface area contributed by atoms with Gasteiger partial charge in [0.15, 0.2) is 8.07 Å². The SMILES string of the molecule is c1ccc(-c2cc([Si](c3ccccc3)(c3ccccc3)c3ccccc3)c(-c3ccccc3)c3c2-c2cccc4cccc-3c24)cc1. The van der Waals surface area contributed by atoms with Crippen LogP contribution in [-0.2, 0) is 0 Å². The van der Waals surface area contributed by atoms with E-state index in [1.807, 2.05) is 0 Å². The molecule has 0 nitrogen and oxygen atoms in total. The van der Waals surface area contributed by atoms with Crippen LogP contribution in [0.1, 0.15) is 0 Å². The van der Waals surface area contributed by atoms with E-state index in [1.165, 1.54) is 76.0 Å². The molecule has 0 spiro atoms. The zero-order chi connectivity index (χ0) is 31.2. The highest BCUT2D eigenvalue weighted by Gasteiger charge is 2.45. The second kappa shape index (κ2) is 11.2. The van der Waals surface area contributed by atoms with E-state index in [2.05, 4.69) is 194 Å². The first-order chi connectivity index (χ1) is 23.4. The van der Waals surface area contributed by atoms with Crippen molar-refractivity contribution in [1.82, 2.24) is 0 Å². The lowest BCUT2D eigenvalue weighted by Gasteiger charge is -2.37. The van der Waals surface area contributed by atoms with Crippen molar-refractivity contribution in [3.8, 4) is 44.5 Å². The minimum atomic E-state index is -2.92. The molecule has 0 bridgehead atoms. The van der Waals surface area contributed by atoms with Crippen molar-refractivity contribution in [2.24, 2.45) is 0 Å². The van der Waals surface area contributed by atoms with E-state index >= 15 is 0 Å². The summed E-state index contributed by atoms with van der Waals surface area (Å²) in [6.07, 6.45) is 0. The summed E-state index contributed by atoms with van der Waals surface area (Å²) < 4.78 is 0. The molecule has 0 unspecified atom stereocenters. The van der Waals surface area contributed by atoms with Crippen LogP contribution in [0, 0.1) is 0 Å². The molecule has 0 N–H and O–H groups in total. The summed E-state index contributed by atoms with van der Waals surface area (Å²) in [5.41, 5.74) is 10.5. The van der Waals surface area contributed by atoms with Crippen LogP contribution in [0.25, 0.3) is 55.3 Å². The maximum absolute atomic E-state index is 2.92. The third kappa shape index (κ3) is 4.21. The molecule has 0 aromatic heterocycles. The first kappa shape index (κ1) is 27.5. The van der Waals surface area contributed by atoms with E-state index in [4.69, 9.17) is 0 Å². The molecule has 0 amide bonds. The standard InChI is InChI=1S/C46H32Si/c1-6-18-33(19-7-1)41-32-42(47(36-24-10-3-11-25-36,37-26-12-4-13-27-37)38-28-14-5-15-29-38)44(35-20-8-2-9-21-35)46-40-31-17-23-34-22-16-30-39(43(34)40)45(41)46/h1-32H. The first-order valence-electron chi connectivity index (χ1n) is 16.4. The van der Waals surface area contributed by atoms with Gasteiger partial charge in [0, 0.05) is 0 Å². The molecule has 0 fully saturated rings. The molecule has 9 rings (SSSR count). The van der Waals surface area contributed by atoms with E-state index in [9.17, 15) is 0 Å². The fourth-order valence-corrected chi connectivity index (χ4v) is 13.1. The van der Waals surface area contributed by atoms with Crippen LogP contribution in [0.5, 0.6) is 0 Å². The first-order valence-corrected chi connectivity index (χ1v) is 18.4. The highest BCUT2D eigenvalue weighted by Crippen LogP contribution is 2.54. The number of hydrogen-bond acceptors (Lipinski definition) is 0. The van der Waals surface area contributed by atoms with Gasteiger partial charge in [-0.05, 0) is 76.0 Å². The Morgan fingerprint density at radius 3 is 1.21 bits per heavy atom.